The molecule has 2 fully saturated rings. The summed E-state index contributed by atoms with van der Waals surface area (Å²) in [5, 5.41) is 4.98. The van der Waals surface area contributed by atoms with Gasteiger partial charge in [0.2, 0.25) is 0 Å². The van der Waals surface area contributed by atoms with Gasteiger partial charge in [-0.25, -0.2) is 0 Å². The van der Waals surface area contributed by atoms with Gasteiger partial charge in [0.1, 0.15) is 0 Å². The van der Waals surface area contributed by atoms with Gasteiger partial charge < -0.3 is 4.90 Å². The molecule has 0 aromatic carbocycles. The summed E-state index contributed by atoms with van der Waals surface area (Å²) in [7, 11) is 0. The van der Waals surface area contributed by atoms with E-state index in [0.29, 0.717) is 0 Å². The van der Waals surface area contributed by atoms with Crippen LogP contribution >= 0.6 is 11.6 Å². The Morgan fingerprint density at radius 3 is 2.65 bits per heavy atom. The van der Waals surface area contributed by atoms with E-state index in [1.54, 1.807) is 6.20 Å². The van der Waals surface area contributed by atoms with Crippen LogP contribution in [-0.2, 0) is 6.54 Å². The standard InChI is InChI=1S/C15H25ClN4/c16-14-12-17-20(13-14)11-9-18-6-3-7-19(10-8-18)15-4-1-2-5-15/h12-13,15H,1-11H2. The van der Waals surface area contributed by atoms with Crippen molar-refractivity contribution in [2.24, 2.45) is 0 Å². The molecular formula is C15H25ClN4. The van der Waals surface area contributed by atoms with Crippen molar-refractivity contribution in [1.29, 1.82) is 0 Å². The summed E-state index contributed by atoms with van der Waals surface area (Å²) in [5.74, 6) is 0. The lowest BCUT2D eigenvalue weighted by atomic mass is 10.2. The Kier molecular flexibility index (Phi) is 4.97. The summed E-state index contributed by atoms with van der Waals surface area (Å²) >= 11 is 5.90. The molecule has 0 atom stereocenters. The minimum Gasteiger partial charge on any atom is -0.300 e. The van der Waals surface area contributed by atoms with Crippen molar-refractivity contribution >= 4 is 11.6 Å². The molecule has 3 rings (SSSR count). The minimum atomic E-state index is 0.730. The topological polar surface area (TPSA) is 24.3 Å². The normalized spacial score (nSPS) is 23.2. The van der Waals surface area contributed by atoms with Crippen LogP contribution in [0, 0.1) is 0 Å². The molecule has 4 nitrogen and oxygen atoms in total. The largest absolute Gasteiger partial charge is 0.300 e. The van der Waals surface area contributed by atoms with Crippen molar-refractivity contribution in [3.05, 3.63) is 17.4 Å². The first kappa shape index (κ1) is 14.4. The van der Waals surface area contributed by atoms with Crippen LogP contribution < -0.4 is 0 Å². The van der Waals surface area contributed by atoms with Crippen molar-refractivity contribution < 1.29 is 0 Å². The third-order valence-corrected chi connectivity index (χ3v) is 4.91. The molecule has 2 heterocycles. The molecular weight excluding hydrogens is 272 g/mol. The molecule has 0 unspecified atom stereocenters. The molecule has 2 aliphatic rings. The summed E-state index contributed by atoms with van der Waals surface area (Å²) in [5.41, 5.74) is 0. The van der Waals surface area contributed by atoms with E-state index in [1.807, 2.05) is 10.9 Å². The Balaban J connectivity index is 1.44. The highest BCUT2D eigenvalue weighted by Gasteiger charge is 2.24. The van der Waals surface area contributed by atoms with Crippen LogP contribution in [0.5, 0.6) is 0 Å². The van der Waals surface area contributed by atoms with Crippen molar-refractivity contribution in [1.82, 2.24) is 19.6 Å². The Bertz CT molecular complexity index is 414. The molecule has 1 saturated carbocycles. The van der Waals surface area contributed by atoms with Crippen LogP contribution in [-0.4, -0.2) is 58.3 Å². The van der Waals surface area contributed by atoms with E-state index in [9.17, 15) is 0 Å². The van der Waals surface area contributed by atoms with E-state index in [4.69, 9.17) is 11.6 Å². The first-order valence-corrected chi connectivity index (χ1v) is 8.33. The quantitative estimate of drug-likeness (QED) is 0.853. The van der Waals surface area contributed by atoms with Gasteiger partial charge in [0.05, 0.1) is 17.8 Å². The fourth-order valence-electron chi connectivity index (χ4n) is 3.55. The molecule has 0 radical (unpaired) electrons. The van der Waals surface area contributed by atoms with Crippen LogP contribution in [0.2, 0.25) is 5.02 Å². The lowest BCUT2D eigenvalue weighted by molar-refractivity contribution is 0.198. The third-order valence-electron chi connectivity index (χ3n) is 4.71. The minimum absolute atomic E-state index is 0.730. The second-order valence-corrected chi connectivity index (χ2v) is 6.53. The summed E-state index contributed by atoms with van der Waals surface area (Å²) < 4.78 is 1.95. The SMILES string of the molecule is Clc1cnn(CCN2CCCN(C3CCCC3)CC2)c1. The number of aromatic nitrogens is 2. The van der Waals surface area contributed by atoms with Gasteiger partial charge in [-0.1, -0.05) is 24.4 Å². The van der Waals surface area contributed by atoms with E-state index in [-0.39, 0.29) is 0 Å². The maximum Gasteiger partial charge on any atom is 0.0785 e. The van der Waals surface area contributed by atoms with E-state index in [1.165, 1.54) is 58.3 Å². The maximum absolute atomic E-state index is 5.90. The average Bonchev–Trinajstić information content (AvgIpc) is 3.05. The van der Waals surface area contributed by atoms with Crippen LogP contribution in [0.4, 0.5) is 0 Å². The molecule has 1 aliphatic heterocycles. The predicted octanol–water partition coefficient (Wildman–Crippen LogP) is 2.49. The highest BCUT2D eigenvalue weighted by atomic mass is 35.5. The Labute approximate surface area is 126 Å². The smallest absolute Gasteiger partial charge is 0.0785 e. The van der Waals surface area contributed by atoms with Gasteiger partial charge in [0, 0.05) is 31.9 Å². The lowest BCUT2D eigenvalue weighted by Crippen LogP contribution is -2.37. The highest BCUT2D eigenvalue weighted by molar-refractivity contribution is 6.30. The highest BCUT2D eigenvalue weighted by Crippen LogP contribution is 2.24. The first-order valence-electron chi connectivity index (χ1n) is 7.95. The molecule has 0 N–H and O–H groups in total. The second-order valence-electron chi connectivity index (χ2n) is 6.09. The number of hydrogen-bond acceptors (Lipinski definition) is 3. The van der Waals surface area contributed by atoms with E-state index < -0.39 is 0 Å². The van der Waals surface area contributed by atoms with E-state index in [0.717, 1.165) is 24.2 Å². The van der Waals surface area contributed by atoms with Crippen molar-refractivity contribution in [3.63, 3.8) is 0 Å². The van der Waals surface area contributed by atoms with Gasteiger partial charge in [-0.2, -0.15) is 5.10 Å². The molecule has 5 heteroatoms. The summed E-state index contributed by atoms with van der Waals surface area (Å²) in [6, 6.07) is 0.875. The molecule has 1 saturated heterocycles. The van der Waals surface area contributed by atoms with Crippen LogP contribution in [0.1, 0.15) is 32.1 Å². The molecule has 1 aliphatic carbocycles. The number of nitrogens with zero attached hydrogens (tertiary/aromatic N) is 4. The van der Waals surface area contributed by atoms with Gasteiger partial charge in [-0.15, -0.1) is 0 Å². The Hall–Kier alpha value is -0.580. The fourth-order valence-corrected chi connectivity index (χ4v) is 3.71. The summed E-state index contributed by atoms with van der Waals surface area (Å²) in [4.78, 5) is 5.31. The molecule has 20 heavy (non-hydrogen) atoms. The van der Waals surface area contributed by atoms with Gasteiger partial charge in [0.15, 0.2) is 0 Å². The zero-order valence-electron chi connectivity index (χ0n) is 12.2. The Morgan fingerprint density at radius 2 is 1.90 bits per heavy atom. The summed E-state index contributed by atoms with van der Waals surface area (Å²) in [6.07, 6.45) is 10.6. The molecule has 1 aromatic rings. The second kappa shape index (κ2) is 6.92. The fraction of sp³-hybridized carbons (Fsp3) is 0.800. The molecule has 1 aromatic heterocycles. The van der Waals surface area contributed by atoms with Gasteiger partial charge in [0.25, 0.3) is 0 Å². The van der Waals surface area contributed by atoms with Gasteiger partial charge >= 0.3 is 0 Å². The molecule has 112 valence electrons. The van der Waals surface area contributed by atoms with Gasteiger partial charge in [-0.3, -0.25) is 9.58 Å². The molecule has 0 bridgehead atoms. The number of hydrogen-bond donors (Lipinski definition) is 0. The third kappa shape index (κ3) is 3.74. The van der Waals surface area contributed by atoms with Crippen LogP contribution in [0.3, 0.4) is 0 Å². The van der Waals surface area contributed by atoms with Crippen molar-refractivity contribution in [2.75, 3.05) is 32.7 Å². The summed E-state index contributed by atoms with van der Waals surface area (Å²) in [6.45, 7) is 6.97. The van der Waals surface area contributed by atoms with E-state index in [2.05, 4.69) is 14.9 Å². The number of halogens is 1. The van der Waals surface area contributed by atoms with Crippen LogP contribution in [0.15, 0.2) is 12.4 Å². The van der Waals surface area contributed by atoms with Crippen molar-refractivity contribution in [2.45, 2.75) is 44.7 Å². The predicted molar refractivity (Wildman–Crippen MR) is 82.1 cm³/mol. The maximum atomic E-state index is 5.90. The zero-order chi connectivity index (χ0) is 13.8. The average molecular weight is 297 g/mol. The zero-order valence-corrected chi connectivity index (χ0v) is 12.9. The van der Waals surface area contributed by atoms with Gasteiger partial charge in [-0.05, 0) is 32.4 Å². The van der Waals surface area contributed by atoms with E-state index >= 15 is 0 Å². The molecule has 0 spiro atoms. The van der Waals surface area contributed by atoms with Crippen LogP contribution in [0.25, 0.3) is 0 Å². The molecule has 0 amide bonds. The Morgan fingerprint density at radius 1 is 1.05 bits per heavy atom. The van der Waals surface area contributed by atoms with Crippen molar-refractivity contribution in [3.8, 4) is 0 Å². The monoisotopic (exact) mass is 296 g/mol. The number of rotatable bonds is 4. The first-order chi connectivity index (χ1) is 9.81. The lowest BCUT2D eigenvalue weighted by Gasteiger charge is -2.27.